The Morgan fingerprint density at radius 2 is 2.29 bits per heavy atom. The molecule has 0 aliphatic heterocycles. The lowest BCUT2D eigenvalue weighted by atomic mass is 10.1. The molecule has 14 heavy (non-hydrogen) atoms. The van der Waals surface area contributed by atoms with E-state index in [0.717, 1.165) is 23.7 Å². The van der Waals surface area contributed by atoms with Crippen molar-refractivity contribution in [2.45, 2.75) is 38.1 Å². The normalized spacial score (nSPS) is 18.2. The summed E-state index contributed by atoms with van der Waals surface area (Å²) in [5.41, 5.74) is 7.27. The Balaban J connectivity index is 1.97. The van der Waals surface area contributed by atoms with Crippen LogP contribution in [0.2, 0.25) is 0 Å². The van der Waals surface area contributed by atoms with E-state index in [1.54, 1.807) is 18.4 Å². The van der Waals surface area contributed by atoms with Crippen LogP contribution in [0.25, 0.3) is 0 Å². The topological polar surface area (TPSA) is 48.1 Å². The molecule has 1 saturated carbocycles. The van der Waals surface area contributed by atoms with Crippen LogP contribution in [0.5, 0.6) is 5.19 Å². The number of thiazole rings is 1. The van der Waals surface area contributed by atoms with Crippen molar-refractivity contribution < 1.29 is 4.74 Å². The molecule has 0 bridgehead atoms. The van der Waals surface area contributed by atoms with Gasteiger partial charge >= 0.3 is 0 Å². The molecule has 0 aromatic carbocycles. The highest BCUT2D eigenvalue weighted by Gasteiger charge is 2.37. The average molecular weight is 212 g/mol. The van der Waals surface area contributed by atoms with Crippen LogP contribution in [-0.2, 0) is 6.42 Å². The highest BCUT2D eigenvalue weighted by molar-refractivity contribution is 7.13. The molecule has 1 aromatic heterocycles. The Morgan fingerprint density at radius 3 is 2.79 bits per heavy atom. The van der Waals surface area contributed by atoms with Crippen molar-refractivity contribution in [1.29, 1.82) is 0 Å². The highest BCUT2D eigenvalue weighted by Crippen LogP contribution is 2.37. The Hall–Kier alpha value is -0.610. The lowest BCUT2D eigenvalue weighted by Crippen LogP contribution is -2.21. The zero-order valence-electron chi connectivity index (χ0n) is 8.67. The molecule has 2 N–H and O–H groups in total. The van der Waals surface area contributed by atoms with Gasteiger partial charge in [0.05, 0.1) is 12.8 Å². The maximum Gasteiger partial charge on any atom is 0.273 e. The first-order chi connectivity index (χ1) is 6.63. The summed E-state index contributed by atoms with van der Waals surface area (Å²) in [6.07, 6.45) is 4.49. The van der Waals surface area contributed by atoms with Gasteiger partial charge in [0.15, 0.2) is 0 Å². The predicted octanol–water partition coefficient (Wildman–Crippen LogP) is 1.88. The third kappa shape index (κ3) is 2.07. The van der Waals surface area contributed by atoms with Crippen LogP contribution in [0, 0.1) is 6.92 Å². The van der Waals surface area contributed by atoms with Crippen LogP contribution in [0.3, 0.4) is 0 Å². The molecule has 2 rings (SSSR count). The maximum atomic E-state index is 6.04. The Morgan fingerprint density at radius 1 is 1.57 bits per heavy atom. The van der Waals surface area contributed by atoms with E-state index in [1.165, 1.54) is 17.7 Å². The minimum atomic E-state index is 0.143. The summed E-state index contributed by atoms with van der Waals surface area (Å²) in [5.74, 6) is 0. The molecule has 0 amide bonds. The van der Waals surface area contributed by atoms with Crippen LogP contribution in [0.1, 0.15) is 29.8 Å². The molecule has 0 atom stereocenters. The molecule has 1 aliphatic rings. The highest BCUT2D eigenvalue weighted by atomic mass is 32.1. The first kappa shape index (κ1) is 9.93. The summed E-state index contributed by atoms with van der Waals surface area (Å²) in [6.45, 7) is 2.03. The molecule has 78 valence electrons. The number of hydrogen-bond donors (Lipinski definition) is 1. The van der Waals surface area contributed by atoms with Crippen LogP contribution < -0.4 is 10.5 Å². The predicted molar refractivity (Wildman–Crippen MR) is 57.9 cm³/mol. The fraction of sp³-hybridized carbons (Fsp3) is 0.700. The molecule has 1 aromatic rings. The first-order valence-electron chi connectivity index (χ1n) is 4.92. The largest absolute Gasteiger partial charge is 0.473 e. The van der Waals surface area contributed by atoms with Gasteiger partial charge in [-0.3, -0.25) is 0 Å². The fourth-order valence-corrected chi connectivity index (χ4v) is 2.37. The van der Waals surface area contributed by atoms with Gasteiger partial charge in [0.25, 0.3) is 5.19 Å². The average Bonchev–Trinajstić information content (AvgIpc) is 2.77. The van der Waals surface area contributed by atoms with Crippen LogP contribution >= 0.6 is 11.3 Å². The Kier molecular flexibility index (Phi) is 2.49. The van der Waals surface area contributed by atoms with Crippen LogP contribution in [0.4, 0.5) is 0 Å². The fourth-order valence-electron chi connectivity index (χ4n) is 1.49. The van der Waals surface area contributed by atoms with Crippen molar-refractivity contribution in [2.24, 2.45) is 5.73 Å². The molecule has 1 fully saturated rings. The lowest BCUT2D eigenvalue weighted by Gasteiger charge is -2.06. The molecule has 4 heteroatoms. The van der Waals surface area contributed by atoms with Crippen LogP contribution in [-0.4, -0.2) is 17.6 Å². The van der Waals surface area contributed by atoms with Gasteiger partial charge in [-0.05, 0) is 32.6 Å². The monoisotopic (exact) mass is 212 g/mol. The van der Waals surface area contributed by atoms with Crippen molar-refractivity contribution in [1.82, 2.24) is 4.98 Å². The third-order valence-corrected chi connectivity index (χ3v) is 3.97. The zero-order chi connectivity index (χ0) is 10.2. The molecule has 3 nitrogen and oxygen atoms in total. The second-order valence-electron chi connectivity index (χ2n) is 4.05. The number of rotatable bonds is 4. The molecule has 0 radical (unpaired) electrons. The SMILES string of the molecule is COc1nc(C)c(CCC2(N)CC2)s1. The van der Waals surface area contributed by atoms with E-state index < -0.39 is 0 Å². The minimum Gasteiger partial charge on any atom is -0.473 e. The maximum absolute atomic E-state index is 6.04. The number of nitrogens with two attached hydrogens (primary N) is 1. The van der Waals surface area contributed by atoms with Gasteiger partial charge in [-0.1, -0.05) is 11.3 Å². The van der Waals surface area contributed by atoms with E-state index in [1.807, 2.05) is 6.92 Å². The molecular formula is C10H16N2OS. The van der Waals surface area contributed by atoms with Gasteiger partial charge in [0.1, 0.15) is 0 Å². The Labute approximate surface area is 88.3 Å². The van der Waals surface area contributed by atoms with E-state index in [2.05, 4.69) is 4.98 Å². The summed E-state index contributed by atoms with van der Waals surface area (Å²) in [4.78, 5) is 5.62. The number of aryl methyl sites for hydroxylation is 2. The molecule has 0 saturated heterocycles. The third-order valence-electron chi connectivity index (χ3n) is 2.79. The van der Waals surface area contributed by atoms with Gasteiger partial charge in [-0.15, -0.1) is 0 Å². The molecule has 0 spiro atoms. The summed E-state index contributed by atoms with van der Waals surface area (Å²) in [7, 11) is 1.66. The zero-order valence-corrected chi connectivity index (χ0v) is 9.49. The number of hydrogen-bond acceptors (Lipinski definition) is 4. The standard InChI is InChI=1S/C10H16N2OS/c1-7-8(14-9(12-7)13-2)3-4-10(11)5-6-10/h3-6,11H2,1-2H3. The van der Waals surface area contributed by atoms with Gasteiger partial charge in [0.2, 0.25) is 0 Å². The lowest BCUT2D eigenvalue weighted by molar-refractivity contribution is 0.411. The van der Waals surface area contributed by atoms with Crippen LogP contribution in [0.15, 0.2) is 0 Å². The van der Waals surface area contributed by atoms with E-state index in [9.17, 15) is 0 Å². The summed E-state index contributed by atoms with van der Waals surface area (Å²) < 4.78 is 5.10. The van der Waals surface area contributed by atoms with Crippen molar-refractivity contribution in [3.05, 3.63) is 10.6 Å². The second kappa shape index (κ2) is 3.51. The number of nitrogens with zero attached hydrogens (tertiary/aromatic N) is 1. The van der Waals surface area contributed by atoms with Crippen molar-refractivity contribution in [2.75, 3.05) is 7.11 Å². The van der Waals surface area contributed by atoms with Gasteiger partial charge < -0.3 is 10.5 Å². The van der Waals surface area contributed by atoms with Gasteiger partial charge in [-0.2, -0.15) is 0 Å². The van der Waals surface area contributed by atoms with E-state index in [0.29, 0.717) is 0 Å². The summed E-state index contributed by atoms with van der Waals surface area (Å²) >= 11 is 1.64. The number of methoxy groups -OCH3 is 1. The van der Waals surface area contributed by atoms with Gasteiger partial charge in [-0.25, -0.2) is 4.98 Å². The van der Waals surface area contributed by atoms with E-state index in [4.69, 9.17) is 10.5 Å². The first-order valence-corrected chi connectivity index (χ1v) is 5.74. The van der Waals surface area contributed by atoms with E-state index in [-0.39, 0.29) is 5.54 Å². The second-order valence-corrected chi connectivity index (χ2v) is 5.10. The van der Waals surface area contributed by atoms with Crippen molar-refractivity contribution in [3.8, 4) is 5.19 Å². The quantitative estimate of drug-likeness (QED) is 0.829. The van der Waals surface area contributed by atoms with Crippen molar-refractivity contribution >= 4 is 11.3 Å². The summed E-state index contributed by atoms with van der Waals surface area (Å²) in [6, 6.07) is 0. The van der Waals surface area contributed by atoms with Gasteiger partial charge in [0, 0.05) is 10.4 Å². The molecule has 0 unspecified atom stereocenters. The minimum absolute atomic E-state index is 0.143. The Bertz CT molecular complexity index is 331. The number of ether oxygens (including phenoxy) is 1. The number of aromatic nitrogens is 1. The van der Waals surface area contributed by atoms with Crippen molar-refractivity contribution in [3.63, 3.8) is 0 Å². The molecular weight excluding hydrogens is 196 g/mol. The summed E-state index contributed by atoms with van der Waals surface area (Å²) in [5, 5.41) is 0.763. The smallest absolute Gasteiger partial charge is 0.273 e. The van der Waals surface area contributed by atoms with E-state index >= 15 is 0 Å². The molecule has 1 aliphatic carbocycles. The molecule has 1 heterocycles.